The van der Waals surface area contributed by atoms with Gasteiger partial charge in [-0.25, -0.2) is 0 Å². The molecule has 0 radical (unpaired) electrons. The van der Waals surface area contributed by atoms with Crippen LogP contribution in [-0.4, -0.2) is 37.7 Å². The monoisotopic (exact) mass is 198 g/mol. The van der Waals surface area contributed by atoms with Crippen molar-refractivity contribution >= 4 is 5.91 Å². The van der Waals surface area contributed by atoms with Gasteiger partial charge in [0.2, 0.25) is 5.91 Å². The molecule has 0 bridgehead atoms. The van der Waals surface area contributed by atoms with Crippen LogP contribution in [0.4, 0.5) is 0 Å². The maximum absolute atomic E-state index is 11.7. The summed E-state index contributed by atoms with van der Waals surface area (Å²) in [5.41, 5.74) is 0. The summed E-state index contributed by atoms with van der Waals surface area (Å²) in [5, 5.41) is 6.14. The molecule has 0 aromatic carbocycles. The normalized spacial score (nSPS) is 32.6. The number of hydrogen-bond donors (Lipinski definition) is 2. The van der Waals surface area contributed by atoms with Crippen LogP contribution in [0.2, 0.25) is 0 Å². The number of carbonyl (C=O) groups excluding carboxylic acids is 1. The van der Waals surface area contributed by atoms with Gasteiger partial charge in [-0.3, -0.25) is 4.79 Å². The van der Waals surface area contributed by atoms with Gasteiger partial charge in [0.15, 0.2) is 0 Å². The molecule has 0 aromatic heterocycles. The van der Waals surface area contributed by atoms with Crippen LogP contribution >= 0.6 is 0 Å². The summed E-state index contributed by atoms with van der Waals surface area (Å²) >= 11 is 0. The zero-order valence-corrected chi connectivity index (χ0v) is 8.58. The van der Waals surface area contributed by atoms with Gasteiger partial charge in [-0.2, -0.15) is 0 Å². The van der Waals surface area contributed by atoms with E-state index in [0.29, 0.717) is 6.61 Å². The van der Waals surface area contributed by atoms with E-state index in [1.807, 2.05) is 6.92 Å². The molecular formula is C10H18N2O2. The molecule has 2 atom stereocenters. The quantitative estimate of drug-likeness (QED) is 0.665. The molecule has 1 heterocycles. The molecule has 1 saturated heterocycles. The molecule has 1 aliphatic heterocycles. The first-order valence-corrected chi connectivity index (χ1v) is 5.40. The van der Waals surface area contributed by atoms with Crippen molar-refractivity contribution in [2.75, 3.05) is 19.7 Å². The van der Waals surface area contributed by atoms with Gasteiger partial charge in [0.1, 0.15) is 6.04 Å². The van der Waals surface area contributed by atoms with Gasteiger partial charge in [-0.1, -0.05) is 0 Å². The van der Waals surface area contributed by atoms with E-state index in [4.69, 9.17) is 4.74 Å². The van der Waals surface area contributed by atoms with Crippen molar-refractivity contribution in [2.45, 2.75) is 31.9 Å². The van der Waals surface area contributed by atoms with Crippen molar-refractivity contribution in [1.82, 2.24) is 10.6 Å². The second kappa shape index (κ2) is 4.28. The Bertz CT molecular complexity index is 216. The number of rotatable bonds is 3. The minimum absolute atomic E-state index is 0.0112. The van der Waals surface area contributed by atoms with Gasteiger partial charge >= 0.3 is 0 Å². The fourth-order valence-corrected chi connectivity index (χ4v) is 1.70. The minimum Gasteiger partial charge on any atom is -0.375 e. The van der Waals surface area contributed by atoms with E-state index in [1.54, 1.807) is 0 Å². The number of nitrogens with one attached hydrogen (secondary N) is 2. The summed E-state index contributed by atoms with van der Waals surface area (Å²) in [6.45, 7) is 4.25. The highest BCUT2D eigenvalue weighted by atomic mass is 16.5. The fourth-order valence-electron chi connectivity index (χ4n) is 1.70. The first kappa shape index (κ1) is 9.93. The van der Waals surface area contributed by atoms with E-state index >= 15 is 0 Å². The molecule has 2 unspecified atom stereocenters. The molecule has 2 N–H and O–H groups in total. The number of carbonyl (C=O) groups is 1. The average molecular weight is 198 g/mol. The fraction of sp³-hybridized carbons (Fsp3) is 0.900. The Labute approximate surface area is 84.4 Å². The highest BCUT2D eigenvalue weighted by Gasteiger charge is 2.29. The summed E-state index contributed by atoms with van der Waals surface area (Å²) < 4.78 is 5.41. The van der Waals surface area contributed by atoms with E-state index in [0.717, 1.165) is 19.0 Å². The molecule has 2 aliphatic rings. The minimum atomic E-state index is -0.164. The standard InChI is InChI=1S/C10H18N2O2/c1-7-9(11-4-5-14-7)10(13)12-6-8-2-3-8/h7-9,11H,2-6H2,1H3,(H,12,13). The predicted molar refractivity (Wildman–Crippen MR) is 52.9 cm³/mol. The highest BCUT2D eigenvalue weighted by Crippen LogP contribution is 2.27. The van der Waals surface area contributed by atoms with Crippen LogP contribution in [0.25, 0.3) is 0 Å². The Morgan fingerprint density at radius 1 is 1.57 bits per heavy atom. The van der Waals surface area contributed by atoms with Crippen molar-refractivity contribution < 1.29 is 9.53 Å². The molecule has 4 heteroatoms. The summed E-state index contributed by atoms with van der Waals surface area (Å²) in [6, 6.07) is -0.164. The molecule has 2 rings (SSSR count). The zero-order valence-electron chi connectivity index (χ0n) is 8.58. The third-order valence-corrected chi connectivity index (χ3v) is 2.86. The number of ether oxygens (including phenoxy) is 1. The zero-order chi connectivity index (χ0) is 9.97. The van der Waals surface area contributed by atoms with Crippen molar-refractivity contribution in [3.63, 3.8) is 0 Å². The molecule has 2 fully saturated rings. The van der Waals surface area contributed by atoms with E-state index in [2.05, 4.69) is 10.6 Å². The lowest BCUT2D eigenvalue weighted by atomic mass is 10.1. The highest BCUT2D eigenvalue weighted by molar-refractivity contribution is 5.82. The molecular weight excluding hydrogens is 180 g/mol. The summed E-state index contributed by atoms with van der Waals surface area (Å²) in [7, 11) is 0. The Morgan fingerprint density at radius 3 is 3.00 bits per heavy atom. The van der Waals surface area contributed by atoms with Gasteiger partial charge in [0, 0.05) is 13.1 Å². The lowest BCUT2D eigenvalue weighted by Crippen LogP contribution is -2.55. The Hall–Kier alpha value is -0.610. The number of morpholine rings is 1. The summed E-state index contributed by atoms with van der Waals surface area (Å²) in [4.78, 5) is 11.7. The van der Waals surface area contributed by atoms with Gasteiger partial charge in [-0.15, -0.1) is 0 Å². The van der Waals surface area contributed by atoms with Crippen LogP contribution in [0.15, 0.2) is 0 Å². The Kier molecular flexibility index (Phi) is 3.03. The number of amides is 1. The molecule has 0 spiro atoms. The Balaban J connectivity index is 1.76. The topological polar surface area (TPSA) is 50.4 Å². The maximum Gasteiger partial charge on any atom is 0.239 e. The third kappa shape index (κ3) is 2.45. The molecule has 0 aromatic rings. The lowest BCUT2D eigenvalue weighted by molar-refractivity contribution is -0.128. The van der Waals surface area contributed by atoms with E-state index in [9.17, 15) is 4.79 Å². The van der Waals surface area contributed by atoms with Crippen LogP contribution in [0.1, 0.15) is 19.8 Å². The van der Waals surface area contributed by atoms with Crippen molar-refractivity contribution in [3.05, 3.63) is 0 Å². The second-order valence-electron chi connectivity index (χ2n) is 4.20. The van der Waals surface area contributed by atoms with Crippen molar-refractivity contribution in [1.29, 1.82) is 0 Å². The molecule has 4 nitrogen and oxygen atoms in total. The lowest BCUT2D eigenvalue weighted by Gasteiger charge is -2.29. The first-order valence-electron chi connectivity index (χ1n) is 5.40. The molecule has 14 heavy (non-hydrogen) atoms. The van der Waals surface area contributed by atoms with Crippen LogP contribution in [0.5, 0.6) is 0 Å². The van der Waals surface area contributed by atoms with E-state index in [-0.39, 0.29) is 18.1 Å². The van der Waals surface area contributed by atoms with Gasteiger partial charge < -0.3 is 15.4 Å². The molecule has 1 saturated carbocycles. The third-order valence-electron chi connectivity index (χ3n) is 2.86. The van der Waals surface area contributed by atoms with Gasteiger partial charge in [0.05, 0.1) is 12.7 Å². The maximum atomic E-state index is 11.7. The van der Waals surface area contributed by atoms with Gasteiger partial charge in [0.25, 0.3) is 0 Å². The average Bonchev–Trinajstić information content (AvgIpc) is 2.98. The van der Waals surface area contributed by atoms with E-state index < -0.39 is 0 Å². The van der Waals surface area contributed by atoms with Crippen LogP contribution < -0.4 is 10.6 Å². The largest absolute Gasteiger partial charge is 0.375 e. The predicted octanol–water partition coefficient (Wildman–Crippen LogP) is -0.111. The summed E-state index contributed by atoms with van der Waals surface area (Å²) in [6.07, 6.45) is 2.53. The van der Waals surface area contributed by atoms with Crippen LogP contribution in [0, 0.1) is 5.92 Å². The summed E-state index contributed by atoms with van der Waals surface area (Å²) in [5.74, 6) is 0.822. The van der Waals surface area contributed by atoms with Crippen LogP contribution in [-0.2, 0) is 9.53 Å². The van der Waals surface area contributed by atoms with Gasteiger partial charge in [-0.05, 0) is 25.7 Å². The smallest absolute Gasteiger partial charge is 0.239 e. The molecule has 1 amide bonds. The Morgan fingerprint density at radius 2 is 2.36 bits per heavy atom. The first-order chi connectivity index (χ1) is 6.77. The van der Waals surface area contributed by atoms with Crippen molar-refractivity contribution in [3.8, 4) is 0 Å². The second-order valence-corrected chi connectivity index (χ2v) is 4.20. The SMILES string of the molecule is CC1OCCNC1C(=O)NCC1CC1. The number of hydrogen-bond acceptors (Lipinski definition) is 3. The molecule has 80 valence electrons. The van der Waals surface area contributed by atoms with E-state index in [1.165, 1.54) is 12.8 Å². The van der Waals surface area contributed by atoms with Crippen molar-refractivity contribution in [2.24, 2.45) is 5.92 Å². The molecule has 1 aliphatic carbocycles. The van der Waals surface area contributed by atoms with Crippen LogP contribution in [0.3, 0.4) is 0 Å².